The van der Waals surface area contributed by atoms with Gasteiger partial charge in [-0.3, -0.25) is 9.59 Å². The number of nitrogens with zero attached hydrogens (tertiary/aromatic N) is 1. The lowest BCUT2D eigenvalue weighted by Gasteiger charge is -2.31. The molecule has 174 valence electrons. The van der Waals surface area contributed by atoms with Crippen molar-refractivity contribution in [3.8, 4) is 0 Å². The fourth-order valence-corrected chi connectivity index (χ4v) is 4.29. The largest absolute Gasteiger partial charge is 0.352 e. The molecule has 4 nitrogen and oxygen atoms in total. The van der Waals surface area contributed by atoms with Gasteiger partial charge in [0.2, 0.25) is 11.8 Å². The van der Waals surface area contributed by atoms with Gasteiger partial charge in [-0.25, -0.2) is 4.39 Å². The van der Waals surface area contributed by atoms with E-state index in [2.05, 4.69) is 5.32 Å². The van der Waals surface area contributed by atoms with Crippen LogP contribution in [0.25, 0.3) is 0 Å². The van der Waals surface area contributed by atoms with Gasteiger partial charge in [-0.05, 0) is 55.2 Å². The van der Waals surface area contributed by atoms with Crippen molar-refractivity contribution in [1.82, 2.24) is 10.2 Å². The number of nitrogens with one attached hydrogen (secondary N) is 1. The van der Waals surface area contributed by atoms with Crippen LogP contribution in [0.4, 0.5) is 4.39 Å². The van der Waals surface area contributed by atoms with Crippen molar-refractivity contribution >= 4 is 46.8 Å². The molecule has 0 saturated carbocycles. The Morgan fingerprint density at radius 2 is 1.69 bits per heavy atom. The van der Waals surface area contributed by atoms with E-state index in [0.717, 1.165) is 17.5 Å². The van der Waals surface area contributed by atoms with Crippen LogP contribution < -0.4 is 5.32 Å². The van der Waals surface area contributed by atoms with E-state index in [1.54, 1.807) is 29.2 Å². The normalized spacial score (nSPS) is 12.8. The number of hydrogen-bond donors (Lipinski definition) is 1. The molecule has 2 rings (SSSR count). The summed E-state index contributed by atoms with van der Waals surface area (Å²) in [4.78, 5) is 27.7. The second-order valence-corrected chi connectivity index (χ2v) is 9.43. The van der Waals surface area contributed by atoms with E-state index < -0.39 is 6.04 Å². The molecule has 2 aromatic carbocycles. The Balaban J connectivity index is 2.13. The van der Waals surface area contributed by atoms with Gasteiger partial charge in [0.1, 0.15) is 11.9 Å². The molecule has 2 amide bonds. The highest BCUT2D eigenvalue weighted by Gasteiger charge is 2.29. The highest BCUT2D eigenvalue weighted by molar-refractivity contribution is 7.99. The summed E-state index contributed by atoms with van der Waals surface area (Å²) >= 11 is 13.5. The predicted octanol–water partition coefficient (Wildman–Crippen LogP) is 6.09. The molecule has 0 aliphatic carbocycles. The van der Waals surface area contributed by atoms with E-state index in [4.69, 9.17) is 23.2 Å². The van der Waals surface area contributed by atoms with Gasteiger partial charge in [-0.15, -0.1) is 11.8 Å². The Hall–Kier alpha value is -1.76. The van der Waals surface area contributed by atoms with Gasteiger partial charge in [-0.2, -0.15) is 0 Å². The number of hydrogen-bond acceptors (Lipinski definition) is 3. The zero-order valence-corrected chi connectivity index (χ0v) is 20.9. The zero-order chi connectivity index (χ0) is 23.7. The molecular formula is C24H29Cl2FN2O2S. The van der Waals surface area contributed by atoms with Crippen LogP contribution in [0.5, 0.6) is 0 Å². The molecule has 1 N–H and O–H groups in total. The SMILES string of the molecule is CC[C@H](C)NC(=O)[C@H](CC)N(Cc1ccc(F)cc1)C(=O)CSCc1ccc(Cl)c(Cl)c1. The second-order valence-electron chi connectivity index (χ2n) is 7.63. The van der Waals surface area contributed by atoms with Crippen molar-refractivity contribution in [1.29, 1.82) is 0 Å². The molecule has 0 aliphatic rings. The third-order valence-electron chi connectivity index (χ3n) is 5.13. The predicted molar refractivity (Wildman–Crippen MR) is 132 cm³/mol. The number of halogens is 3. The first-order valence-electron chi connectivity index (χ1n) is 10.6. The highest BCUT2D eigenvalue weighted by Crippen LogP contribution is 2.25. The molecule has 2 aromatic rings. The van der Waals surface area contributed by atoms with Crippen molar-refractivity contribution in [2.75, 3.05) is 5.75 Å². The van der Waals surface area contributed by atoms with Crippen LogP contribution in [-0.4, -0.2) is 34.6 Å². The molecule has 0 saturated heterocycles. The van der Waals surface area contributed by atoms with Crippen molar-refractivity contribution in [2.24, 2.45) is 0 Å². The first-order chi connectivity index (χ1) is 15.2. The third kappa shape index (κ3) is 7.98. The summed E-state index contributed by atoms with van der Waals surface area (Å²) in [7, 11) is 0. The lowest BCUT2D eigenvalue weighted by atomic mass is 10.1. The fourth-order valence-electron chi connectivity index (χ4n) is 3.12. The summed E-state index contributed by atoms with van der Waals surface area (Å²) < 4.78 is 13.3. The number of rotatable bonds is 11. The van der Waals surface area contributed by atoms with Gasteiger partial charge in [0.15, 0.2) is 0 Å². The molecule has 0 radical (unpaired) electrons. The Morgan fingerprint density at radius 3 is 2.28 bits per heavy atom. The molecule has 0 bridgehead atoms. The molecule has 2 atom stereocenters. The maximum Gasteiger partial charge on any atom is 0.243 e. The Kier molecular flexibility index (Phi) is 10.8. The molecule has 32 heavy (non-hydrogen) atoms. The summed E-state index contributed by atoms with van der Waals surface area (Å²) in [5.41, 5.74) is 1.73. The van der Waals surface area contributed by atoms with Gasteiger partial charge in [0.25, 0.3) is 0 Å². The fraction of sp³-hybridized carbons (Fsp3) is 0.417. The van der Waals surface area contributed by atoms with E-state index in [1.165, 1.54) is 23.9 Å². The molecule has 0 unspecified atom stereocenters. The Bertz CT molecular complexity index is 911. The molecule has 0 spiro atoms. The quantitative estimate of drug-likeness (QED) is 0.407. The number of benzene rings is 2. The van der Waals surface area contributed by atoms with E-state index in [0.29, 0.717) is 22.2 Å². The highest BCUT2D eigenvalue weighted by atomic mass is 35.5. The van der Waals surface area contributed by atoms with Crippen LogP contribution in [-0.2, 0) is 21.9 Å². The lowest BCUT2D eigenvalue weighted by Crippen LogP contribution is -2.51. The lowest BCUT2D eigenvalue weighted by molar-refractivity contribution is -0.139. The minimum absolute atomic E-state index is 0.0170. The molecule has 0 aliphatic heterocycles. The van der Waals surface area contributed by atoms with Crippen molar-refractivity contribution in [3.05, 3.63) is 69.5 Å². The first-order valence-corrected chi connectivity index (χ1v) is 12.5. The third-order valence-corrected chi connectivity index (χ3v) is 6.86. The van der Waals surface area contributed by atoms with Crippen molar-refractivity contribution < 1.29 is 14.0 Å². The zero-order valence-electron chi connectivity index (χ0n) is 18.5. The van der Waals surface area contributed by atoms with E-state index in [-0.39, 0.29) is 36.0 Å². The number of carbonyl (C=O) groups is 2. The Morgan fingerprint density at radius 1 is 1.03 bits per heavy atom. The van der Waals surface area contributed by atoms with Crippen molar-refractivity contribution in [2.45, 2.75) is 58.0 Å². The van der Waals surface area contributed by atoms with Crippen molar-refractivity contribution in [3.63, 3.8) is 0 Å². The summed E-state index contributed by atoms with van der Waals surface area (Å²) in [6.07, 6.45) is 1.28. The van der Waals surface area contributed by atoms with Crippen LogP contribution in [0.15, 0.2) is 42.5 Å². The summed E-state index contributed by atoms with van der Waals surface area (Å²) in [5, 5.41) is 3.94. The van der Waals surface area contributed by atoms with Gasteiger partial charge in [0, 0.05) is 18.3 Å². The molecule has 0 heterocycles. The number of carbonyl (C=O) groups excluding carboxylic acids is 2. The first kappa shape index (κ1) is 26.5. The van der Waals surface area contributed by atoms with Gasteiger partial charge in [-0.1, -0.05) is 55.2 Å². The van der Waals surface area contributed by atoms with Gasteiger partial charge < -0.3 is 10.2 Å². The molecular weight excluding hydrogens is 470 g/mol. The van der Waals surface area contributed by atoms with E-state index in [1.807, 2.05) is 26.8 Å². The second kappa shape index (κ2) is 13.1. The monoisotopic (exact) mass is 498 g/mol. The smallest absolute Gasteiger partial charge is 0.243 e. The average Bonchev–Trinajstić information content (AvgIpc) is 2.77. The van der Waals surface area contributed by atoms with Crippen LogP contribution in [0.3, 0.4) is 0 Å². The van der Waals surface area contributed by atoms with Crippen LogP contribution in [0, 0.1) is 5.82 Å². The van der Waals surface area contributed by atoms with Crippen LogP contribution in [0.2, 0.25) is 10.0 Å². The standard InChI is InChI=1S/C24H29Cl2FN2O2S/c1-4-16(3)28-24(31)22(5-2)29(13-17-6-9-19(27)10-7-17)23(30)15-32-14-18-8-11-20(25)21(26)12-18/h6-12,16,22H,4-5,13-15H2,1-3H3,(H,28,31)/t16-,22-/m0/s1. The van der Waals surface area contributed by atoms with E-state index >= 15 is 0 Å². The molecule has 0 fully saturated rings. The molecule has 0 aromatic heterocycles. The average molecular weight is 499 g/mol. The maximum absolute atomic E-state index is 13.3. The van der Waals surface area contributed by atoms with Gasteiger partial charge >= 0.3 is 0 Å². The summed E-state index contributed by atoms with van der Waals surface area (Å²) in [5.74, 6) is 0.125. The number of amides is 2. The van der Waals surface area contributed by atoms with Gasteiger partial charge in [0.05, 0.1) is 15.8 Å². The summed E-state index contributed by atoms with van der Waals surface area (Å²) in [6, 6.07) is 10.8. The summed E-state index contributed by atoms with van der Waals surface area (Å²) in [6.45, 7) is 6.05. The minimum atomic E-state index is -0.605. The number of thioether (sulfide) groups is 1. The van der Waals surface area contributed by atoms with Crippen LogP contribution in [0.1, 0.15) is 44.7 Å². The van der Waals surface area contributed by atoms with E-state index in [9.17, 15) is 14.0 Å². The Labute approximate surface area is 203 Å². The maximum atomic E-state index is 13.3. The van der Waals surface area contributed by atoms with Crippen LogP contribution >= 0.6 is 35.0 Å². The molecule has 8 heteroatoms. The topological polar surface area (TPSA) is 49.4 Å². The minimum Gasteiger partial charge on any atom is -0.352 e.